The summed E-state index contributed by atoms with van der Waals surface area (Å²) in [4.78, 5) is 13.1. The minimum absolute atomic E-state index is 0.252. The molecule has 1 aliphatic carbocycles. The van der Waals surface area contributed by atoms with E-state index in [2.05, 4.69) is 6.92 Å². The number of amides is 1. The zero-order valence-corrected chi connectivity index (χ0v) is 8.62. The molecule has 2 atom stereocenters. The first kappa shape index (κ1) is 9.04. The molecule has 0 aromatic heterocycles. The predicted octanol–water partition coefficient (Wildman–Crippen LogP) is 1.90. The Labute approximate surface area is 80.3 Å². The van der Waals surface area contributed by atoms with E-state index in [1.807, 2.05) is 4.90 Å². The molecule has 2 aliphatic rings. The molecule has 13 heavy (non-hydrogen) atoms. The van der Waals surface area contributed by atoms with Gasteiger partial charge >= 0.3 is 0 Å². The van der Waals surface area contributed by atoms with E-state index in [0.717, 1.165) is 30.8 Å². The molecule has 74 valence electrons. The first-order valence-corrected chi connectivity index (χ1v) is 5.44. The Morgan fingerprint density at radius 1 is 1.31 bits per heavy atom. The van der Waals surface area contributed by atoms with Crippen LogP contribution in [0.2, 0.25) is 0 Å². The molecule has 1 heterocycles. The summed E-state index contributed by atoms with van der Waals surface area (Å²) >= 11 is 0. The Morgan fingerprint density at radius 2 is 1.85 bits per heavy atom. The van der Waals surface area contributed by atoms with Crippen LogP contribution < -0.4 is 0 Å². The molecule has 2 unspecified atom stereocenters. The first-order chi connectivity index (χ1) is 6.18. The van der Waals surface area contributed by atoms with Gasteiger partial charge in [-0.15, -0.1) is 0 Å². The van der Waals surface area contributed by atoms with Crippen molar-refractivity contribution < 1.29 is 4.79 Å². The second kappa shape index (κ2) is 3.32. The van der Waals surface area contributed by atoms with Crippen LogP contribution in [0.4, 0.5) is 0 Å². The van der Waals surface area contributed by atoms with Gasteiger partial charge in [-0.2, -0.15) is 0 Å². The highest BCUT2D eigenvalue weighted by Crippen LogP contribution is 2.47. The Morgan fingerprint density at radius 3 is 2.23 bits per heavy atom. The van der Waals surface area contributed by atoms with Gasteiger partial charge < -0.3 is 4.90 Å². The summed E-state index contributed by atoms with van der Waals surface area (Å²) in [5, 5.41) is 0. The second-order valence-corrected chi connectivity index (χ2v) is 4.72. The third-order valence-electron chi connectivity index (χ3n) is 3.76. The van der Waals surface area contributed by atoms with Crippen LogP contribution in [0.5, 0.6) is 0 Å². The van der Waals surface area contributed by atoms with Gasteiger partial charge in [0, 0.05) is 20.0 Å². The third-order valence-corrected chi connectivity index (χ3v) is 3.76. The maximum absolute atomic E-state index is 11.1. The lowest BCUT2D eigenvalue weighted by atomic mass is 9.91. The van der Waals surface area contributed by atoms with Crippen LogP contribution in [-0.4, -0.2) is 23.9 Å². The van der Waals surface area contributed by atoms with Crippen molar-refractivity contribution in [2.75, 3.05) is 13.1 Å². The zero-order valence-electron chi connectivity index (χ0n) is 8.62. The highest BCUT2D eigenvalue weighted by Gasteiger charge is 2.40. The van der Waals surface area contributed by atoms with Crippen molar-refractivity contribution in [1.82, 2.24) is 4.90 Å². The Bertz CT molecular complexity index is 206. The lowest BCUT2D eigenvalue weighted by molar-refractivity contribution is -0.130. The summed E-state index contributed by atoms with van der Waals surface area (Å²) in [5.41, 5.74) is 0. The Hall–Kier alpha value is -0.530. The van der Waals surface area contributed by atoms with Crippen molar-refractivity contribution in [3.63, 3.8) is 0 Å². The average molecular weight is 181 g/mol. The summed E-state index contributed by atoms with van der Waals surface area (Å²) in [6, 6.07) is 0. The van der Waals surface area contributed by atoms with Gasteiger partial charge in [0.1, 0.15) is 0 Å². The van der Waals surface area contributed by atoms with Crippen LogP contribution in [0.3, 0.4) is 0 Å². The summed E-state index contributed by atoms with van der Waals surface area (Å²) in [7, 11) is 0. The summed E-state index contributed by atoms with van der Waals surface area (Å²) in [6.45, 7) is 6.04. The molecule has 0 N–H and O–H groups in total. The SMILES string of the molecule is CC(=O)N1CCC(C2CC2C)CC1. The Balaban J connectivity index is 1.79. The highest BCUT2D eigenvalue weighted by molar-refractivity contribution is 5.73. The van der Waals surface area contributed by atoms with E-state index >= 15 is 0 Å². The van der Waals surface area contributed by atoms with E-state index in [-0.39, 0.29) is 5.91 Å². The molecule has 0 spiro atoms. The maximum Gasteiger partial charge on any atom is 0.219 e. The monoisotopic (exact) mass is 181 g/mol. The topological polar surface area (TPSA) is 20.3 Å². The molecule has 1 saturated carbocycles. The van der Waals surface area contributed by atoms with Crippen molar-refractivity contribution in [3.05, 3.63) is 0 Å². The van der Waals surface area contributed by atoms with E-state index in [0.29, 0.717) is 0 Å². The number of carbonyl (C=O) groups is 1. The number of nitrogens with zero attached hydrogens (tertiary/aromatic N) is 1. The molecule has 0 bridgehead atoms. The standard InChI is InChI=1S/C11H19NO/c1-8-7-11(8)10-3-5-12(6-4-10)9(2)13/h8,10-11H,3-7H2,1-2H3. The van der Waals surface area contributed by atoms with E-state index in [9.17, 15) is 4.79 Å². The number of rotatable bonds is 1. The molecule has 1 amide bonds. The van der Waals surface area contributed by atoms with Crippen molar-refractivity contribution in [3.8, 4) is 0 Å². The summed E-state index contributed by atoms with van der Waals surface area (Å²) in [5.74, 6) is 3.14. The van der Waals surface area contributed by atoms with Gasteiger partial charge in [-0.3, -0.25) is 4.79 Å². The van der Waals surface area contributed by atoms with Crippen LogP contribution >= 0.6 is 0 Å². The van der Waals surface area contributed by atoms with Crippen molar-refractivity contribution in [1.29, 1.82) is 0 Å². The number of piperidine rings is 1. The van der Waals surface area contributed by atoms with E-state index in [4.69, 9.17) is 0 Å². The molecule has 1 saturated heterocycles. The van der Waals surface area contributed by atoms with Crippen LogP contribution in [-0.2, 0) is 4.79 Å². The molecule has 2 nitrogen and oxygen atoms in total. The molecule has 0 aromatic rings. The number of carbonyl (C=O) groups excluding carboxylic acids is 1. The van der Waals surface area contributed by atoms with Gasteiger partial charge in [-0.25, -0.2) is 0 Å². The van der Waals surface area contributed by atoms with Crippen LogP contribution in [0.25, 0.3) is 0 Å². The van der Waals surface area contributed by atoms with Crippen LogP contribution in [0.1, 0.15) is 33.1 Å². The fourth-order valence-electron chi connectivity index (χ4n) is 2.65. The molecule has 1 aliphatic heterocycles. The van der Waals surface area contributed by atoms with Gasteiger partial charge in [0.2, 0.25) is 5.91 Å². The van der Waals surface area contributed by atoms with Crippen molar-refractivity contribution in [2.24, 2.45) is 17.8 Å². The van der Waals surface area contributed by atoms with Gasteiger partial charge in [-0.1, -0.05) is 6.92 Å². The fraction of sp³-hybridized carbons (Fsp3) is 0.909. The van der Waals surface area contributed by atoms with Gasteiger partial charge in [0.15, 0.2) is 0 Å². The summed E-state index contributed by atoms with van der Waals surface area (Å²) < 4.78 is 0. The van der Waals surface area contributed by atoms with Crippen molar-refractivity contribution >= 4 is 5.91 Å². The molecular weight excluding hydrogens is 162 g/mol. The molecule has 2 rings (SSSR count). The van der Waals surface area contributed by atoms with E-state index in [1.165, 1.54) is 19.3 Å². The largest absolute Gasteiger partial charge is 0.343 e. The normalized spacial score (nSPS) is 34.8. The zero-order chi connectivity index (χ0) is 9.42. The minimum Gasteiger partial charge on any atom is -0.343 e. The lowest BCUT2D eigenvalue weighted by Gasteiger charge is -2.31. The van der Waals surface area contributed by atoms with E-state index < -0.39 is 0 Å². The van der Waals surface area contributed by atoms with Gasteiger partial charge in [-0.05, 0) is 37.0 Å². The van der Waals surface area contributed by atoms with E-state index in [1.54, 1.807) is 6.92 Å². The van der Waals surface area contributed by atoms with Crippen LogP contribution in [0.15, 0.2) is 0 Å². The second-order valence-electron chi connectivity index (χ2n) is 4.72. The highest BCUT2D eigenvalue weighted by atomic mass is 16.2. The quantitative estimate of drug-likeness (QED) is 0.605. The van der Waals surface area contributed by atoms with Crippen molar-refractivity contribution in [2.45, 2.75) is 33.1 Å². The van der Waals surface area contributed by atoms with Gasteiger partial charge in [0.25, 0.3) is 0 Å². The molecule has 0 aromatic carbocycles. The number of likely N-dealkylation sites (tertiary alicyclic amines) is 1. The average Bonchev–Trinajstić information content (AvgIpc) is 2.83. The maximum atomic E-state index is 11.1. The number of hydrogen-bond donors (Lipinski definition) is 0. The molecule has 2 fully saturated rings. The number of hydrogen-bond acceptors (Lipinski definition) is 1. The smallest absolute Gasteiger partial charge is 0.219 e. The first-order valence-electron chi connectivity index (χ1n) is 5.44. The Kier molecular flexibility index (Phi) is 2.31. The molecule has 0 radical (unpaired) electrons. The summed E-state index contributed by atoms with van der Waals surface area (Å²) in [6.07, 6.45) is 3.92. The fourth-order valence-corrected chi connectivity index (χ4v) is 2.65. The minimum atomic E-state index is 0.252. The lowest BCUT2D eigenvalue weighted by Crippen LogP contribution is -2.37. The van der Waals surface area contributed by atoms with Crippen LogP contribution in [0, 0.1) is 17.8 Å². The van der Waals surface area contributed by atoms with Gasteiger partial charge in [0.05, 0.1) is 0 Å². The predicted molar refractivity (Wildman–Crippen MR) is 52.2 cm³/mol. The molecular formula is C11H19NO. The molecule has 2 heteroatoms. The third kappa shape index (κ3) is 1.87.